The van der Waals surface area contributed by atoms with Crippen LogP contribution in [0.25, 0.3) is 0 Å². The first-order valence-corrected chi connectivity index (χ1v) is 9.36. The Morgan fingerprint density at radius 3 is 2.29 bits per heavy atom. The summed E-state index contributed by atoms with van der Waals surface area (Å²) in [4.78, 5) is 25.6. The van der Waals surface area contributed by atoms with Gasteiger partial charge in [0.05, 0.1) is 11.5 Å². The summed E-state index contributed by atoms with van der Waals surface area (Å²) >= 11 is 0. The van der Waals surface area contributed by atoms with Gasteiger partial charge in [-0.05, 0) is 25.2 Å². The van der Waals surface area contributed by atoms with E-state index in [0.717, 1.165) is 25.7 Å². The summed E-state index contributed by atoms with van der Waals surface area (Å²) in [6.07, 6.45) is 4.52. The van der Waals surface area contributed by atoms with Gasteiger partial charge in [-0.1, -0.05) is 12.8 Å². The largest absolute Gasteiger partial charge is 0.344 e. The normalized spacial score (nSPS) is 26.5. The molecule has 21 heavy (non-hydrogen) atoms. The first-order valence-electron chi connectivity index (χ1n) is 7.54. The number of hydrogen-bond acceptors (Lipinski definition) is 4. The van der Waals surface area contributed by atoms with Crippen molar-refractivity contribution in [2.75, 3.05) is 18.6 Å². The van der Waals surface area contributed by atoms with Crippen LogP contribution in [0.1, 0.15) is 39.0 Å². The number of nitrogens with one attached hydrogen (secondary N) is 1. The molecule has 7 heteroatoms. The van der Waals surface area contributed by atoms with Gasteiger partial charge in [0, 0.05) is 20.0 Å². The Kier molecular flexibility index (Phi) is 4.91. The molecule has 0 bridgehead atoms. The van der Waals surface area contributed by atoms with E-state index in [1.54, 1.807) is 7.05 Å². The molecule has 1 heterocycles. The number of sulfone groups is 1. The molecule has 2 atom stereocenters. The monoisotopic (exact) mass is 316 g/mol. The van der Waals surface area contributed by atoms with Crippen LogP contribution in [0.15, 0.2) is 0 Å². The van der Waals surface area contributed by atoms with Crippen LogP contribution in [0.2, 0.25) is 0 Å². The highest BCUT2D eigenvalue weighted by Gasteiger charge is 2.38. The molecule has 6 nitrogen and oxygen atoms in total. The van der Waals surface area contributed by atoms with Crippen LogP contribution in [-0.2, 0) is 19.4 Å². The molecule has 2 aliphatic rings. The molecule has 2 amide bonds. The summed E-state index contributed by atoms with van der Waals surface area (Å²) in [6.45, 7) is 1.41. The molecule has 1 aliphatic heterocycles. The van der Waals surface area contributed by atoms with E-state index in [2.05, 4.69) is 5.32 Å². The second-order valence-corrected chi connectivity index (χ2v) is 8.46. The molecule has 0 aromatic carbocycles. The van der Waals surface area contributed by atoms with Crippen LogP contribution in [0.5, 0.6) is 0 Å². The molecule has 0 unspecified atom stereocenters. The van der Waals surface area contributed by atoms with Gasteiger partial charge in [-0.15, -0.1) is 0 Å². The zero-order valence-electron chi connectivity index (χ0n) is 12.7. The van der Waals surface area contributed by atoms with Crippen molar-refractivity contribution in [1.29, 1.82) is 0 Å². The van der Waals surface area contributed by atoms with Crippen molar-refractivity contribution < 1.29 is 18.0 Å². The summed E-state index contributed by atoms with van der Waals surface area (Å²) < 4.78 is 23.1. The zero-order valence-corrected chi connectivity index (χ0v) is 13.5. The lowest BCUT2D eigenvalue weighted by Gasteiger charge is -2.31. The average Bonchev–Trinajstić information content (AvgIpc) is 3.03. The highest BCUT2D eigenvalue weighted by Crippen LogP contribution is 2.29. The number of hydrogen-bond donors (Lipinski definition) is 1. The maximum Gasteiger partial charge on any atom is 0.245 e. The van der Waals surface area contributed by atoms with Crippen LogP contribution in [0.3, 0.4) is 0 Å². The van der Waals surface area contributed by atoms with E-state index in [-0.39, 0.29) is 35.3 Å². The fourth-order valence-corrected chi connectivity index (χ4v) is 5.15. The van der Waals surface area contributed by atoms with Gasteiger partial charge in [0.1, 0.15) is 6.04 Å². The number of nitrogens with zero attached hydrogens (tertiary/aromatic N) is 1. The highest BCUT2D eigenvalue weighted by molar-refractivity contribution is 7.91. The third kappa shape index (κ3) is 3.96. The summed E-state index contributed by atoms with van der Waals surface area (Å²) in [7, 11) is -1.37. The second kappa shape index (κ2) is 6.34. The van der Waals surface area contributed by atoms with Crippen LogP contribution >= 0.6 is 0 Å². The third-order valence-electron chi connectivity index (χ3n) is 4.60. The smallest absolute Gasteiger partial charge is 0.245 e. The molecule has 0 aromatic rings. The van der Waals surface area contributed by atoms with Gasteiger partial charge in [0.15, 0.2) is 9.84 Å². The van der Waals surface area contributed by atoms with Gasteiger partial charge in [-0.25, -0.2) is 8.42 Å². The molecule has 0 aromatic heterocycles. The van der Waals surface area contributed by atoms with Crippen LogP contribution in [-0.4, -0.2) is 55.8 Å². The Balaban J connectivity index is 2.08. The van der Waals surface area contributed by atoms with E-state index >= 15 is 0 Å². The van der Waals surface area contributed by atoms with Gasteiger partial charge in [0.2, 0.25) is 11.8 Å². The van der Waals surface area contributed by atoms with Crippen molar-refractivity contribution in [1.82, 2.24) is 10.2 Å². The molecule has 0 radical (unpaired) electrons. The highest BCUT2D eigenvalue weighted by atomic mass is 32.2. The van der Waals surface area contributed by atoms with E-state index in [9.17, 15) is 18.0 Å². The van der Waals surface area contributed by atoms with E-state index in [0.29, 0.717) is 6.42 Å². The van der Waals surface area contributed by atoms with Crippen LogP contribution in [0.4, 0.5) is 0 Å². The summed E-state index contributed by atoms with van der Waals surface area (Å²) in [5, 5.41) is 2.77. The Bertz CT molecular complexity index is 511. The fourth-order valence-electron chi connectivity index (χ4n) is 3.37. The first kappa shape index (κ1) is 16.3. The minimum Gasteiger partial charge on any atom is -0.344 e. The lowest BCUT2D eigenvalue weighted by molar-refractivity contribution is -0.137. The SMILES string of the molecule is CC(=O)N[C@H](C(=O)N(C)[C@@H]1CCS(=O)(=O)C1)C1CCCC1. The van der Waals surface area contributed by atoms with Crippen molar-refractivity contribution in [3.63, 3.8) is 0 Å². The molecule has 2 fully saturated rings. The minimum absolute atomic E-state index is 0.0344. The summed E-state index contributed by atoms with van der Waals surface area (Å²) in [5.41, 5.74) is 0. The predicted molar refractivity (Wildman–Crippen MR) is 79.4 cm³/mol. The number of carbonyl (C=O) groups is 2. The summed E-state index contributed by atoms with van der Waals surface area (Å²) in [5.74, 6) is -0.0234. The number of likely N-dealkylation sites (N-methyl/N-ethyl adjacent to an activating group) is 1. The van der Waals surface area contributed by atoms with Gasteiger partial charge in [0.25, 0.3) is 0 Å². The predicted octanol–water partition coefficient (Wildman–Crippen LogP) is 0.327. The van der Waals surface area contributed by atoms with Crippen molar-refractivity contribution >= 4 is 21.7 Å². The van der Waals surface area contributed by atoms with Crippen molar-refractivity contribution in [3.05, 3.63) is 0 Å². The minimum atomic E-state index is -3.02. The Labute approximate surface area is 126 Å². The maximum absolute atomic E-state index is 12.7. The quantitative estimate of drug-likeness (QED) is 0.810. The van der Waals surface area contributed by atoms with Gasteiger partial charge >= 0.3 is 0 Å². The van der Waals surface area contributed by atoms with Crippen molar-refractivity contribution in [2.24, 2.45) is 5.92 Å². The average molecular weight is 316 g/mol. The molecule has 1 aliphatic carbocycles. The molecule has 2 rings (SSSR count). The van der Waals surface area contributed by atoms with Crippen LogP contribution < -0.4 is 5.32 Å². The van der Waals surface area contributed by atoms with Crippen molar-refractivity contribution in [3.8, 4) is 0 Å². The Morgan fingerprint density at radius 1 is 1.19 bits per heavy atom. The second-order valence-electron chi connectivity index (χ2n) is 6.23. The van der Waals surface area contributed by atoms with Crippen molar-refractivity contribution in [2.45, 2.75) is 51.1 Å². The lowest BCUT2D eigenvalue weighted by Crippen LogP contribution is -2.53. The molecule has 0 spiro atoms. The van der Waals surface area contributed by atoms with E-state index in [1.807, 2.05) is 0 Å². The molecular formula is C14H24N2O4S. The lowest BCUT2D eigenvalue weighted by atomic mass is 9.96. The molecule has 1 saturated heterocycles. The van der Waals surface area contributed by atoms with Gasteiger partial charge in [-0.2, -0.15) is 0 Å². The maximum atomic E-state index is 12.7. The topological polar surface area (TPSA) is 83.6 Å². The number of rotatable bonds is 4. The first-order chi connectivity index (χ1) is 9.80. The van der Waals surface area contributed by atoms with Gasteiger partial charge in [-0.3, -0.25) is 9.59 Å². The molecular weight excluding hydrogens is 292 g/mol. The molecule has 1 saturated carbocycles. The van der Waals surface area contributed by atoms with E-state index in [4.69, 9.17) is 0 Å². The van der Waals surface area contributed by atoms with E-state index in [1.165, 1.54) is 11.8 Å². The van der Waals surface area contributed by atoms with Crippen LogP contribution in [0, 0.1) is 5.92 Å². The third-order valence-corrected chi connectivity index (χ3v) is 6.35. The van der Waals surface area contributed by atoms with Gasteiger partial charge < -0.3 is 10.2 Å². The standard InChI is InChI=1S/C14H24N2O4S/c1-10(17)15-13(11-5-3-4-6-11)14(18)16(2)12-7-8-21(19,20)9-12/h11-13H,3-9H2,1-2H3,(H,15,17)/t12-,13+/m1/s1. The zero-order chi connectivity index (χ0) is 15.6. The number of carbonyl (C=O) groups excluding carboxylic acids is 2. The van der Waals surface area contributed by atoms with E-state index < -0.39 is 15.9 Å². The Morgan fingerprint density at radius 2 is 1.81 bits per heavy atom. The number of amides is 2. The molecule has 1 N–H and O–H groups in total. The fraction of sp³-hybridized carbons (Fsp3) is 0.857. The summed E-state index contributed by atoms with van der Waals surface area (Å²) in [6, 6.07) is -0.779. The Hall–Kier alpha value is -1.11. The molecule has 120 valence electrons.